The Hall–Kier alpha value is -4.96. The first kappa shape index (κ1) is 31.0. The number of benzene rings is 4. The van der Waals surface area contributed by atoms with Crippen LogP contribution in [0.5, 0.6) is 23.0 Å². The van der Waals surface area contributed by atoms with Crippen molar-refractivity contribution in [3.8, 4) is 28.7 Å². The summed E-state index contributed by atoms with van der Waals surface area (Å²) in [4.78, 5) is 15.4. The molecular formula is C36H37N5O4S. The molecule has 6 rings (SSSR count). The number of para-hydroxylation sites is 1. The van der Waals surface area contributed by atoms with Crippen molar-refractivity contribution >= 4 is 29.0 Å². The molecule has 1 aliphatic heterocycles. The van der Waals surface area contributed by atoms with Gasteiger partial charge in [-0.05, 0) is 97.6 Å². The Labute approximate surface area is 273 Å². The third kappa shape index (κ3) is 7.63. The van der Waals surface area contributed by atoms with Crippen LogP contribution in [0.3, 0.4) is 0 Å². The van der Waals surface area contributed by atoms with Crippen molar-refractivity contribution in [2.75, 3.05) is 43.3 Å². The quantitative estimate of drug-likeness (QED) is 0.142. The average Bonchev–Trinajstić information content (AvgIpc) is 3.50. The number of carbonyl (C=O) groups excluding carboxylic acids is 1. The zero-order valence-corrected chi connectivity index (χ0v) is 26.8. The average molecular weight is 636 g/mol. The van der Waals surface area contributed by atoms with Gasteiger partial charge >= 0.3 is 0 Å². The SMILES string of the molecule is COc1ccc(Cc2nnc(SCC(=O)Nc3ccc(N4CCCCC4)cc3)n2-c2ccc(Oc3ccccc3)cc2)cc1OC. The van der Waals surface area contributed by atoms with Crippen LogP contribution < -0.4 is 24.4 Å². The zero-order chi connectivity index (χ0) is 31.7. The number of carbonyl (C=O) groups is 1. The van der Waals surface area contributed by atoms with E-state index in [-0.39, 0.29) is 11.7 Å². The van der Waals surface area contributed by atoms with Gasteiger partial charge in [-0.2, -0.15) is 0 Å². The minimum atomic E-state index is -0.113. The van der Waals surface area contributed by atoms with Gasteiger partial charge in [0.25, 0.3) is 0 Å². The molecule has 0 spiro atoms. The monoisotopic (exact) mass is 635 g/mol. The van der Waals surface area contributed by atoms with Crippen molar-refractivity contribution in [1.82, 2.24) is 14.8 Å². The first-order chi connectivity index (χ1) is 22.6. The summed E-state index contributed by atoms with van der Waals surface area (Å²) < 4.78 is 18.9. The van der Waals surface area contributed by atoms with Gasteiger partial charge in [0.2, 0.25) is 5.91 Å². The van der Waals surface area contributed by atoms with Crippen LogP contribution in [0.4, 0.5) is 11.4 Å². The van der Waals surface area contributed by atoms with Gasteiger partial charge in [-0.15, -0.1) is 10.2 Å². The second kappa shape index (κ2) is 14.9. The van der Waals surface area contributed by atoms with Gasteiger partial charge in [0.05, 0.1) is 20.0 Å². The number of thioether (sulfide) groups is 1. The molecule has 1 amide bonds. The molecule has 1 aromatic heterocycles. The number of piperidine rings is 1. The summed E-state index contributed by atoms with van der Waals surface area (Å²) in [6, 6.07) is 31.3. The molecule has 0 aliphatic carbocycles. The van der Waals surface area contributed by atoms with E-state index in [1.54, 1.807) is 14.2 Å². The first-order valence-corrected chi connectivity index (χ1v) is 16.3. The Kier molecular flexibility index (Phi) is 10.0. The molecule has 1 aliphatic rings. The van der Waals surface area contributed by atoms with Crippen LogP contribution in [0.2, 0.25) is 0 Å². The third-order valence-corrected chi connectivity index (χ3v) is 8.72. The Morgan fingerprint density at radius 3 is 2.20 bits per heavy atom. The predicted molar refractivity (Wildman–Crippen MR) is 182 cm³/mol. The van der Waals surface area contributed by atoms with Crippen LogP contribution in [0.15, 0.2) is 102 Å². The van der Waals surface area contributed by atoms with E-state index in [0.29, 0.717) is 28.8 Å². The molecule has 1 fully saturated rings. The number of anilines is 2. The molecule has 10 heteroatoms. The molecule has 236 valence electrons. The summed E-state index contributed by atoms with van der Waals surface area (Å²) in [7, 11) is 3.23. The van der Waals surface area contributed by atoms with E-state index in [4.69, 9.17) is 14.2 Å². The van der Waals surface area contributed by atoms with Crippen molar-refractivity contribution < 1.29 is 19.0 Å². The largest absolute Gasteiger partial charge is 0.493 e. The van der Waals surface area contributed by atoms with Crippen LogP contribution in [0, 0.1) is 0 Å². The lowest BCUT2D eigenvalue weighted by atomic mass is 10.1. The standard InChI is InChI=1S/C36H37N5O4S/c1-43-32-20-11-26(23-33(32)44-2)24-34-38-39-36(41(34)29-16-18-31(19-17-29)45-30-9-5-3-6-10-30)46-25-35(42)37-27-12-14-28(15-13-27)40-21-7-4-8-22-40/h3,5-6,9-20,23H,4,7-8,21-22,24-25H2,1-2H3,(H,37,42). The summed E-state index contributed by atoms with van der Waals surface area (Å²) in [6.07, 6.45) is 4.23. The fourth-order valence-electron chi connectivity index (χ4n) is 5.46. The smallest absolute Gasteiger partial charge is 0.234 e. The van der Waals surface area contributed by atoms with E-state index in [2.05, 4.69) is 32.5 Å². The fraction of sp³-hybridized carbons (Fsp3) is 0.250. The molecule has 2 heterocycles. The van der Waals surface area contributed by atoms with E-state index in [9.17, 15) is 4.79 Å². The third-order valence-electron chi connectivity index (χ3n) is 7.79. The minimum absolute atomic E-state index is 0.113. The maximum absolute atomic E-state index is 13.0. The lowest BCUT2D eigenvalue weighted by molar-refractivity contribution is -0.113. The van der Waals surface area contributed by atoms with Crippen molar-refractivity contribution in [2.45, 2.75) is 30.8 Å². The highest BCUT2D eigenvalue weighted by molar-refractivity contribution is 7.99. The van der Waals surface area contributed by atoms with Gasteiger partial charge in [0.15, 0.2) is 16.7 Å². The molecule has 46 heavy (non-hydrogen) atoms. The van der Waals surface area contributed by atoms with E-state index < -0.39 is 0 Å². The maximum atomic E-state index is 13.0. The lowest BCUT2D eigenvalue weighted by Crippen LogP contribution is -2.29. The number of hydrogen-bond acceptors (Lipinski definition) is 8. The number of aromatic nitrogens is 3. The molecule has 0 bridgehead atoms. The summed E-state index contributed by atoms with van der Waals surface area (Å²) in [5, 5.41) is 12.7. The first-order valence-electron chi connectivity index (χ1n) is 15.4. The molecule has 0 unspecified atom stereocenters. The van der Waals surface area contributed by atoms with Crippen molar-refractivity contribution in [3.05, 3.63) is 108 Å². The Morgan fingerprint density at radius 2 is 1.48 bits per heavy atom. The zero-order valence-electron chi connectivity index (χ0n) is 26.0. The van der Waals surface area contributed by atoms with E-state index in [1.807, 2.05) is 89.5 Å². The molecule has 0 saturated carbocycles. The van der Waals surface area contributed by atoms with Crippen molar-refractivity contribution in [2.24, 2.45) is 0 Å². The van der Waals surface area contributed by atoms with E-state index in [0.717, 1.165) is 41.6 Å². The topological polar surface area (TPSA) is 90.7 Å². The number of hydrogen-bond donors (Lipinski definition) is 1. The number of ether oxygens (including phenoxy) is 3. The van der Waals surface area contributed by atoms with Gasteiger partial charge in [0.1, 0.15) is 17.3 Å². The number of amides is 1. The van der Waals surface area contributed by atoms with Crippen LogP contribution in [-0.2, 0) is 11.2 Å². The van der Waals surface area contributed by atoms with E-state index >= 15 is 0 Å². The maximum Gasteiger partial charge on any atom is 0.234 e. The second-order valence-corrected chi connectivity index (χ2v) is 11.9. The van der Waals surface area contributed by atoms with Gasteiger partial charge in [0, 0.05) is 36.6 Å². The molecular weight excluding hydrogens is 598 g/mol. The molecule has 0 radical (unpaired) electrons. The van der Waals surface area contributed by atoms with E-state index in [1.165, 1.54) is 36.7 Å². The normalized spacial score (nSPS) is 12.9. The van der Waals surface area contributed by atoms with Crippen LogP contribution in [0.25, 0.3) is 5.69 Å². The number of methoxy groups -OCH3 is 2. The summed E-state index contributed by atoms with van der Waals surface area (Å²) in [5.74, 6) is 3.56. The summed E-state index contributed by atoms with van der Waals surface area (Å²) >= 11 is 1.34. The number of rotatable bonds is 12. The summed E-state index contributed by atoms with van der Waals surface area (Å²) in [6.45, 7) is 2.17. The molecule has 1 saturated heterocycles. The Bertz CT molecular complexity index is 1740. The number of nitrogens with one attached hydrogen (secondary N) is 1. The molecule has 9 nitrogen and oxygen atoms in total. The molecule has 5 aromatic rings. The summed E-state index contributed by atoms with van der Waals surface area (Å²) in [5.41, 5.74) is 3.81. The molecule has 0 atom stereocenters. The van der Waals surface area contributed by atoms with Crippen LogP contribution in [-0.4, -0.2) is 53.7 Å². The molecule has 4 aromatic carbocycles. The lowest BCUT2D eigenvalue weighted by Gasteiger charge is -2.28. The highest BCUT2D eigenvalue weighted by Crippen LogP contribution is 2.31. The predicted octanol–water partition coefficient (Wildman–Crippen LogP) is 7.39. The minimum Gasteiger partial charge on any atom is -0.493 e. The highest BCUT2D eigenvalue weighted by Gasteiger charge is 2.18. The second-order valence-electron chi connectivity index (χ2n) is 10.9. The highest BCUT2D eigenvalue weighted by atomic mass is 32.2. The van der Waals surface area contributed by atoms with Crippen molar-refractivity contribution in [3.63, 3.8) is 0 Å². The Balaban J connectivity index is 1.19. The van der Waals surface area contributed by atoms with Gasteiger partial charge in [-0.3, -0.25) is 9.36 Å². The van der Waals surface area contributed by atoms with Gasteiger partial charge in [-0.25, -0.2) is 0 Å². The van der Waals surface area contributed by atoms with Gasteiger partial charge < -0.3 is 24.4 Å². The van der Waals surface area contributed by atoms with Crippen molar-refractivity contribution in [1.29, 1.82) is 0 Å². The fourth-order valence-corrected chi connectivity index (χ4v) is 6.23. The van der Waals surface area contributed by atoms with Crippen LogP contribution in [0.1, 0.15) is 30.7 Å². The Morgan fingerprint density at radius 1 is 0.783 bits per heavy atom. The van der Waals surface area contributed by atoms with Crippen LogP contribution >= 0.6 is 11.8 Å². The van der Waals surface area contributed by atoms with Gasteiger partial charge in [-0.1, -0.05) is 36.0 Å². The number of nitrogens with zero attached hydrogens (tertiary/aromatic N) is 4. The molecule has 1 N–H and O–H groups in total.